The molecular weight excluding hydrogens is 223 g/mol. The minimum absolute atomic E-state index is 0.759. The zero-order valence-electron chi connectivity index (χ0n) is 6.49. The predicted molar refractivity (Wildman–Crippen MR) is 52.8 cm³/mol. The van der Waals surface area contributed by atoms with E-state index in [4.69, 9.17) is 11.6 Å². The number of benzene rings is 1. The van der Waals surface area contributed by atoms with Crippen molar-refractivity contribution >= 4 is 27.5 Å². The number of rotatable bonds is 1. The van der Waals surface area contributed by atoms with Crippen molar-refractivity contribution in [3.05, 3.63) is 39.2 Å². The van der Waals surface area contributed by atoms with E-state index in [-0.39, 0.29) is 0 Å². The molecule has 0 bridgehead atoms. The highest BCUT2D eigenvalue weighted by Gasteiger charge is 2.01. The molecule has 1 aromatic rings. The molecule has 0 amide bonds. The predicted octanol–water partition coefficient (Wildman–Crippen LogP) is 4.06. The molecule has 0 unspecified atom stereocenters. The van der Waals surface area contributed by atoms with Crippen molar-refractivity contribution in [2.24, 2.45) is 0 Å². The standard InChI is InChI=1S/C9H9BrCl/c1-6(2)7-3-4-9(11)8(10)5-7/h3-5H,1-2H3. The van der Waals surface area contributed by atoms with Gasteiger partial charge in [0.05, 0.1) is 5.02 Å². The van der Waals surface area contributed by atoms with Crippen LogP contribution in [0, 0.1) is 5.92 Å². The zero-order valence-corrected chi connectivity index (χ0v) is 8.83. The van der Waals surface area contributed by atoms with Gasteiger partial charge in [0.1, 0.15) is 0 Å². The highest BCUT2D eigenvalue weighted by Crippen LogP contribution is 2.25. The van der Waals surface area contributed by atoms with E-state index < -0.39 is 0 Å². The van der Waals surface area contributed by atoms with Crippen LogP contribution in [-0.2, 0) is 0 Å². The first-order chi connectivity index (χ1) is 5.11. The second kappa shape index (κ2) is 3.59. The lowest BCUT2D eigenvalue weighted by atomic mass is 10.0. The van der Waals surface area contributed by atoms with Crippen LogP contribution in [0.4, 0.5) is 0 Å². The normalized spacial score (nSPS) is 10.6. The van der Waals surface area contributed by atoms with E-state index in [2.05, 4.69) is 29.8 Å². The third-order valence-electron chi connectivity index (χ3n) is 1.50. The molecule has 0 fully saturated rings. The summed E-state index contributed by atoms with van der Waals surface area (Å²) in [4.78, 5) is 0. The van der Waals surface area contributed by atoms with Gasteiger partial charge in [0.25, 0.3) is 0 Å². The van der Waals surface area contributed by atoms with Crippen molar-refractivity contribution in [1.82, 2.24) is 0 Å². The van der Waals surface area contributed by atoms with Gasteiger partial charge in [-0.1, -0.05) is 31.5 Å². The number of halogens is 2. The Labute approximate surface area is 80.7 Å². The summed E-state index contributed by atoms with van der Waals surface area (Å²) in [7, 11) is 0. The average molecular weight is 233 g/mol. The van der Waals surface area contributed by atoms with Crippen molar-refractivity contribution in [2.75, 3.05) is 0 Å². The molecule has 0 spiro atoms. The van der Waals surface area contributed by atoms with Crippen molar-refractivity contribution in [3.63, 3.8) is 0 Å². The van der Waals surface area contributed by atoms with Gasteiger partial charge >= 0.3 is 0 Å². The van der Waals surface area contributed by atoms with Crippen molar-refractivity contribution in [1.29, 1.82) is 0 Å². The lowest BCUT2D eigenvalue weighted by Crippen LogP contribution is -1.87. The van der Waals surface area contributed by atoms with E-state index in [9.17, 15) is 0 Å². The van der Waals surface area contributed by atoms with E-state index in [0.29, 0.717) is 0 Å². The van der Waals surface area contributed by atoms with Gasteiger partial charge in [0.2, 0.25) is 0 Å². The Bertz CT molecular complexity index is 256. The molecule has 0 atom stereocenters. The van der Waals surface area contributed by atoms with Crippen molar-refractivity contribution in [2.45, 2.75) is 13.8 Å². The van der Waals surface area contributed by atoms with Gasteiger partial charge in [-0.25, -0.2) is 0 Å². The minimum Gasteiger partial charge on any atom is -0.0831 e. The van der Waals surface area contributed by atoms with E-state index in [1.165, 1.54) is 11.5 Å². The lowest BCUT2D eigenvalue weighted by Gasteiger charge is -2.04. The maximum atomic E-state index is 5.83. The first kappa shape index (κ1) is 9.08. The average Bonchev–Trinajstić information content (AvgIpc) is 1.94. The third-order valence-corrected chi connectivity index (χ3v) is 2.71. The van der Waals surface area contributed by atoms with Gasteiger partial charge in [-0.15, -0.1) is 0 Å². The van der Waals surface area contributed by atoms with E-state index in [1.54, 1.807) is 0 Å². The van der Waals surface area contributed by atoms with Crippen LogP contribution in [0.3, 0.4) is 0 Å². The van der Waals surface area contributed by atoms with Gasteiger partial charge in [0, 0.05) is 4.47 Å². The molecule has 59 valence electrons. The maximum Gasteiger partial charge on any atom is 0.0548 e. The van der Waals surface area contributed by atoms with E-state index in [0.717, 1.165) is 9.50 Å². The van der Waals surface area contributed by atoms with Crippen LogP contribution in [0.2, 0.25) is 5.02 Å². The summed E-state index contributed by atoms with van der Waals surface area (Å²) < 4.78 is 0.956. The van der Waals surface area contributed by atoms with E-state index in [1.807, 2.05) is 18.2 Å². The second-order valence-corrected chi connectivity index (χ2v) is 3.89. The molecule has 0 aromatic heterocycles. The van der Waals surface area contributed by atoms with Gasteiger partial charge in [-0.05, 0) is 39.5 Å². The number of hydrogen-bond donors (Lipinski definition) is 0. The molecule has 0 aliphatic rings. The molecule has 1 aromatic carbocycles. The molecule has 1 rings (SSSR count). The molecule has 0 aliphatic heterocycles. The van der Waals surface area contributed by atoms with Crippen LogP contribution < -0.4 is 0 Å². The Morgan fingerprint density at radius 3 is 2.45 bits per heavy atom. The summed E-state index contributed by atoms with van der Waals surface area (Å²) in [5.74, 6) is 1.29. The lowest BCUT2D eigenvalue weighted by molar-refractivity contribution is 1.15. The Morgan fingerprint density at radius 2 is 2.00 bits per heavy atom. The maximum absolute atomic E-state index is 5.83. The summed E-state index contributed by atoms with van der Waals surface area (Å²) in [6.45, 7) is 4.16. The Hall–Kier alpha value is -0.0100. The highest BCUT2D eigenvalue weighted by molar-refractivity contribution is 9.10. The van der Waals surface area contributed by atoms with Crippen LogP contribution in [0.25, 0.3) is 0 Å². The van der Waals surface area contributed by atoms with Gasteiger partial charge < -0.3 is 0 Å². The van der Waals surface area contributed by atoms with Gasteiger partial charge in [-0.3, -0.25) is 0 Å². The molecule has 2 heteroatoms. The summed E-state index contributed by atoms with van der Waals surface area (Å²) in [5, 5.41) is 0.759. The van der Waals surface area contributed by atoms with Gasteiger partial charge in [0.15, 0.2) is 0 Å². The zero-order chi connectivity index (χ0) is 8.43. The summed E-state index contributed by atoms with van der Waals surface area (Å²) in [6.07, 6.45) is 0. The summed E-state index contributed by atoms with van der Waals surface area (Å²) in [5.41, 5.74) is 1.22. The first-order valence-electron chi connectivity index (χ1n) is 3.37. The quantitative estimate of drug-likeness (QED) is 0.685. The summed E-state index contributed by atoms with van der Waals surface area (Å²) in [6, 6.07) is 5.94. The molecule has 0 nitrogen and oxygen atoms in total. The van der Waals surface area contributed by atoms with Crippen LogP contribution in [0.15, 0.2) is 22.7 Å². The van der Waals surface area contributed by atoms with Crippen molar-refractivity contribution < 1.29 is 0 Å². The highest BCUT2D eigenvalue weighted by atomic mass is 79.9. The number of hydrogen-bond acceptors (Lipinski definition) is 0. The van der Waals surface area contributed by atoms with Crippen LogP contribution in [0.1, 0.15) is 19.4 Å². The molecule has 0 aliphatic carbocycles. The van der Waals surface area contributed by atoms with Gasteiger partial charge in [-0.2, -0.15) is 0 Å². The Kier molecular flexibility index (Phi) is 2.97. The molecular formula is C9H9BrCl. The SMILES string of the molecule is C[C](C)c1ccc(Cl)c(Br)c1. The van der Waals surface area contributed by atoms with Crippen LogP contribution in [-0.4, -0.2) is 0 Å². The van der Waals surface area contributed by atoms with Crippen LogP contribution >= 0.6 is 27.5 Å². The van der Waals surface area contributed by atoms with Crippen molar-refractivity contribution in [3.8, 4) is 0 Å². The monoisotopic (exact) mass is 231 g/mol. The largest absolute Gasteiger partial charge is 0.0831 e. The molecule has 0 heterocycles. The molecule has 0 N–H and O–H groups in total. The fourth-order valence-electron chi connectivity index (χ4n) is 0.807. The molecule has 1 radical (unpaired) electrons. The smallest absolute Gasteiger partial charge is 0.0548 e. The minimum atomic E-state index is 0.759. The Morgan fingerprint density at radius 1 is 1.36 bits per heavy atom. The molecule has 0 saturated carbocycles. The topological polar surface area (TPSA) is 0 Å². The molecule has 11 heavy (non-hydrogen) atoms. The second-order valence-electron chi connectivity index (χ2n) is 2.63. The summed E-state index contributed by atoms with van der Waals surface area (Å²) >= 11 is 9.20. The fraction of sp³-hybridized carbons (Fsp3) is 0.222. The molecule has 0 saturated heterocycles. The van der Waals surface area contributed by atoms with Crippen LogP contribution in [0.5, 0.6) is 0 Å². The van der Waals surface area contributed by atoms with E-state index >= 15 is 0 Å². The Balaban J connectivity index is 3.05. The fourth-order valence-corrected chi connectivity index (χ4v) is 1.30. The third kappa shape index (κ3) is 2.21. The first-order valence-corrected chi connectivity index (χ1v) is 4.54.